The molecule has 3 amide bonds. The predicted molar refractivity (Wildman–Crippen MR) is 120 cm³/mol. The van der Waals surface area contributed by atoms with Crippen LogP contribution >= 0.6 is 11.8 Å². The molecule has 1 heterocycles. The van der Waals surface area contributed by atoms with Crippen molar-refractivity contribution in [3.63, 3.8) is 0 Å². The van der Waals surface area contributed by atoms with Crippen LogP contribution in [0.5, 0.6) is 11.5 Å². The Morgan fingerprint density at radius 2 is 1.81 bits per heavy atom. The Labute approximate surface area is 185 Å². The Kier molecular flexibility index (Phi) is 7.72. The predicted octanol–water partition coefficient (Wildman–Crippen LogP) is 3.49. The third-order valence-electron chi connectivity index (χ3n) is 4.72. The first kappa shape index (κ1) is 22.4. The maximum absolute atomic E-state index is 12.5. The summed E-state index contributed by atoms with van der Waals surface area (Å²) in [6, 6.07) is 14.9. The van der Waals surface area contributed by atoms with Crippen molar-refractivity contribution in [2.45, 2.75) is 12.8 Å². The van der Waals surface area contributed by atoms with E-state index in [4.69, 9.17) is 9.47 Å². The molecule has 7 nitrogen and oxygen atoms in total. The van der Waals surface area contributed by atoms with Crippen LogP contribution in [-0.4, -0.2) is 49.3 Å². The normalized spacial score (nSPS) is 14.8. The van der Waals surface area contributed by atoms with Crippen molar-refractivity contribution >= 4 is 34.9 Å². The van der Waals surface area contributed by atoms with Crippen LogP contribution in [0, 0.1) is 0 Å². The molecule has 2 aromatic rings. The van der Waals surface area contributed by atoms with E-state index in [1.54, 1.807) is 26.4 Å². The summed E-state index contributed by atoms with van der Waals surface area (Å²) < 4.78 is 10.5. The number of carbonyl (C=O) groups excluding carboxylic acids is 3. The van der Waals surface area contributed by atoms with Crippen molar-refractivity contribution in [1.29, 1.82) is 0 Å². The van der Waals surface area contributed by atoms with Crippen LogP contribution in [0.1, 0.15) is 17.5 Å². The number of amides is 3. The van der Waals surface area contributed by atoms with Gasteiger partial charge in [0.1, 0.15) is 0 Å². The fourth-order valence-corrected chi connectivity index (χ4v) is 3.95. The maximum Gasteiger partial charge on any atom is 0.293 e. The maximum atomic E-state index is 12.5. The highest BCUT2D eigenvalue weighted by Crippen LogP contribution is 2.32. The van der Waals surface area contributed by atoms with Crippen LogP contribution in [-0.2, 0) is 16.0 Å². The highest BCUT2D eigenvalue weighted by molar-refractivity contribution is 8.18. The summed E-state index contributed by atoms with van der Waals surface area (Å²) >= 11 is 0.913. The van der Waals surface area contributed by atoms with Gasteiger partial charge in [0.05, 0.1) is 19.1 Å². The molecule has 31 heavy (non-hydrogen) atoms. The number of nitrogens with zero attached hydrogens (tertiary/aromatic N) is 1. The Morgan fingerprint density at radius 3 is 2.52 bits per heavy atom. The number of methoxy groups -OCH3 is 2. The zero-order valence-corrected chi connectivity index (χ0v) is 18.2. The number of hydrogen-bond acceptors (Lipinski definition) is 6. The van der Waals surface area contributed by atoms with E-state index < -0.39 is 0 Å². The summed E-state index contributed by atoms with van der Waals surface area (Å²) in [6.07, 6.45) is 2.52. The number of carbonyl (C=O) groups is 3. The quantitative estimate of drug-likeness (QED) is 0.601. The zero-order chi connectivity index (χ0) is 22.2. The molecule has 0 unspecified atom stereocenters. The molecule has 0 bridgehead atoms. The van der Waals surface area contributed by atoms with Gasteiger partial charge in [0.25, 0.3) is 11.1 Å². The van der Waals surface area contributed by atoms with Gasteiger partial charge in [-0.15, -0.1) is 0 Å². The van der Waals surface area contributed by atoms with Gasteiger partial charge in [-0.1, -0.05) is 36.4 Å². The highest BCUT2D eigenvalue weighted by Gasteiger charge is 2.34. The number of aryl methyl sites for hydroxylation is 1. The topological polar surface area (TPSA) is 84.9 Å². The molecule has 8 heteroatoms. The standard InChI is InChI=1S/C23H24N2O5S/c1-29-18-10-8-17(14-19(18)30-2)9-11-21(26)24-12-13-25-22(27)20(31-23(25)28)15-16-6-4-3-5-7-16/h3-8,10,14-15H,9,11-13H2,1-2H3,(H,24,26)/b20-15+. The minimum Gasteiger partial charge on any atom is -0.493 e. The lowest BCUT2D eigenvalue weighted by atomic mass is 10.1. The second kappa shape index (κ2) is 10.7. The number of rotatable bonds is 9. The average Bonchev–Trinajstić information content (AvgIpc) is 3.05. The van der Waals surface area contributed by atoms with E-state index in [0.717, 1.165) is 27.8 Å². The lowest BCUT2D eigenvalue weighted by Crippen LogP contribution is -2.37. The van der Waals surface area contributed by atoms with Gasteiger partial charge in [-0.3, -0.25) is 19.3 Å². The van der Waals surface area contributed by atoms with Gasteiger partial charge in [0.2, 0.25) is 5.91 Å². The molecular formula is C23H24N2O5S. The summed E-state index contributed by atoms with van der Waals surface area (Å²) in [5.41, 5.74) is 1.81. The minimum absolute atomic E-state index is 0.138. The molecule has 0 radical (unpaired) electrons. The number of thioether (sulfide) groups is 1. The summed E-state index contributed by atoms with van der Waals surface area (Å²) in [5, 5.41) is 2.44. The van der Waals surface area contributed by atoms with Gasteiger partial charge in [-0.05, 0) is 47.5 Å². The summed E-state index contributed by atoms with van der Waals surface area (Å²) in [4.78, 5) is 38.4. The van der Waals surface area contributed by atoms with E-state index in [0.29, 0.717) is 22.8 Å². The second-order valence-corrected chi connectivity index (χ2v) is 7.78. The van der Waals surface area contributed by atoms with E-state index in [2.05, 4.69) is 5.32 Å². The van der Waals surface area contributed by atoms with E-state index in [-0.39, 0.29) is 36.6 Å². The van der Waals surface area contributed by atoms with Gasteiger partial charge < -0.3 is 14.8 Å². The number of imide groups is 1. The molecule has 1 fully saturated rings. The minimum atomic E-state index is -0.335. The zero-order valence-electron chi connectivity index (χ0n) is 17.4. The van der Waals surface area contributed by atoms with E-state index in [9.17, 15) is 14.4 Å². The number of hydrogen-bond donors (Lipinski definition) is 1. The molecule has 2 aromatic carbocycles. The first-order chi connectivity index (χ1) is 15.0. The third kappa shape index (κ3) is 5.88. The van der Waals surface area contributed by atoms with E-state index in [1.165, 1.54) is 0 Å². The smallest absolute Gasteiger partial charge is 0.293 e. The molecule has 162 valence electrons. The fraction of sp³-hybridized carbons (Fsp3) is 0.261. The van der Waals surface area contributed by atoms with Gasteiger partial charge in [-0.2, -0.15) is 0 Å². The third-order valence-corrected chi connectivity index (χ3v) is 5.62. The molecular weight excluding hydrogens is 416 g/mol. The van der Waals surface area contributed by atoms with Gasteiger partial charge >= 0.3 is 0 Å². The average molecular weight is 441 g/mol. The van der Waals surface area contributed by atoms with E-state index in [1.807, 2.05) is 42.5 Å². The van der Waals surface area contributed by atoms with Crippen molar-refractivity contribution in [2.24, 2.45) is 0 Å². The number of nitrogens with one attached hydrogen (secondary N) is 1. The first-order valence-electron chi connectivity index (χ1n) is 9.80. The Bertz CT molecular complexity index is 991. The number of benzene rings is 2. The first-order valence-corrected chi connectivity index (χ1v) is 10.6. The van der Waals surface area contributed by atoms with E-state index >= 15 is 0 Å². The molecule has 1 saturated heterocycles. The monoisotopic (exact) mass is 440 g/mol. The van der Waals surface area contributed by atoms with Gasteiger partial charge in [0, 0.05) is 19.5 Å². The van der Waals surface area contributed by atoms with Crippen molar-refractivity contribution < 1.29 is 23.9 Å². The summed E-state index contributed by atoms with van der Waals surface area (Å²) in [6.45, 7) is 0.348. The van der Waals surface area contributed by atoms with Crippen LogP contribution in [0.3, 0.4) is 0 Å². The Hall–Kier alpha value is -3.26. The molecule has 1 N–H and O–H groups in total. The van der Waals surface area contributed by atoms with Crippen LogP contribution < -0.4 is 14.8 Å². The van der Waals surface area contributed by atoms with Crippen LogP contribution in [0.15, 0.2) is 53.4 Å². The Morgan fingerprint density at radius 1 is 1.06 bits per heavy atom. The molecule has 0 saturated carbocycles. The van der Waals surface area contributed by atoms with Crippen molar-refractivity contribution in [2.75, 3.05) is 27.3 Å². The summed E-state index contributed by atoms with van der Waals surface area (Å²) in [7, 11) is 3.13. The van der Waals surface area contributed by atoms with Gasteiger partial charge in [0.15, 0.2) is 11.5 Å². The molecule has 0 spiro atoms. The molecule has 1 aliphatic heterocycles. The SMILES string of the molecule is COc1ccc(CCC(=O)NCCN2C(=O)S/C(=C/c3ccccc3)C2=O)cc1OC. The lowest BCUT2D eigenvalue weighted by Gasteiger charge is -2.13. The molecule has 0 aliphatic carbocycles. The summed E-state index contributed by atoms with van der Waals surface area (Å²) in [5.74, 6) is 0.762. The largest absolute Gasteiger partial charge is 0.493 e. The van der Waals surface area contributed by atoms with Crippen LogP contribution in [0.25, 0.3) is 6.08 Å². The van der Waals surface area contributed by atoms with Crippen molar-refractivity contribution in [1.82, 2.24) is 10.2 Å². The van der Waals surface area contributed by atoms with Crippen molar-refractivity contribution in [3.05, 3.63) is 64.6 Å². The molecule has 0 aromatic heterocycles. The number of ether oxygens (including phenoxy) is 2. The van der Waals surface area contributed by atoms with Gasteiger partial charge in [-0.25, -0.2) is 0 Å². The highest BCUT2D eigenvalue weighted by atomic mass is 32.2. The van der Waals surface area contributed by atoms with Crippen molar-refractivity contribution in [3.8, 4) is 11.5 Å². The lowest BCUT2D eigenvalue weighted by molar-refractivity contribution is -0.124. The second-order valence-electron chi connectivity index (χ2n) is 6.78. The van der Waals surface area contributed by atoms with Crippen LogP contribution in [0.2, 0.25) is 0 Å². The fourth-order valence-electron chi connectivity index (χ4n) is 3.08. The molecule has 0 atom stereocenters. The Balaban J connectivity index is 1.46. The van der Waals surface area contributed by atoms with Crippen LogP contribution in [0.4, 0.5) is 4.79 Å². The molecule has 1 aliphatic rings. The molecule has 3 rings (SSSR count).